The third-order valence-electron chi connectivity index (χ3n) is 1.52. The van der Waals surface area contributed by atoms with Crippen LogP contribution >= 0.6 is 39.0 Å². The van der Waals surface area contributed by atoms with Gasteiger partial charge in [0.15, 0.2) is 0 Å². The smallest absolute Gasteiger partial charge is 0.100 e. The Labute approximate surface area is 114 Å². The third kappa shape index (κ3) is 4.82. The second kappa shape index (κ2) is 8.98. The minimum Gasteiger partial charge on any atom is -0.322 e. The highest BCUT2D eigenvalue weighted by Crippen LogP contribution is 2.34. The van der Waals surface area contributed by atoms with Gasteiger partial charge >= 0.3 is 0 Å². The quantitative estimate of drug-likeness (QED) is 0.657. The van der Waals surface area contributed by atoms with Gasteiger partial charge in [-0.05, 0) is 46.6 Å². The van der Waals surface area contributed by atoms with Crippen LogP contribution in [-0.4, -0.2) is 12.6 Å². The second-order valence-electron chi connectivity index (χ2n) is 2.58. The van der Waals surface area contributed by atoms with Crippen LogP contribution in [0.1, 0.15) is 24.3 Å². The fourth-order valence-corrected chi connectivity index (χ4v) is 3.24. The molecule has 1 aromatic rings. The summed E-state index contributed by atoms with van der Waals surface area (Å²) >= 11 is 6.62. The van der Waals surface area contributed by atoms with Crippen LogP contribution in [-0.2, 0) is 0 Å². The highest BCUT2D eigenvalue weighted by molar-refractivity contribution is 9.14. The predicted octanol–water partition coefficient (Wildman–Crippen LogP) is 4.45. The molecule has 1 aromatic heterocycles. The van der Waals surface area contributed by atoms with Crippen molar-refractivity contribution in [1.29, 1.82) is 0 Å². The summed E-state index contributed by atoms with van der Waals surface area (Å²) in [5.74, 6) is 0.532. The molecule has 2 N–H and O–H groups in total. The van der Waals surface area contributed by atoms with Gasteiger partial charge < -0.3 is 5.73 Å². The van der Waals surface area contributed by atoms with E-state index >= 15 is 0 Å². The van der Waals surface area contributed by atoms with Gasteiger partial charge in [-0.15, -0.1) is 23.1 Å². The molecule has 0 aromatic carbocycles. The fourth-order valence-electron chi connectivity index (χ4n) is 0.934. The van der Waals surface area contributed by atoms with Crippen LogP contribution in [0.4, 0.5) is 0 Å². The van der Waals surface area contributed by atoms with Crippen LogP contribution in [0.2, 0.25) is 0 Å². The summed E-state index contributed by atoms with van der Waals surface area (Å²) in [5.41, 5.74) is 7.56. The summed E-state index contributed by atoms with van der Waals surface area (Å²) < 4.78 is 0.942. The van der Waals surface area contributed by atoms with Gasteiger partial charge in [0.2, 0.25) is 0 Å². The molecule has 90 valence electrons. The molecular formula is C11H17BrN2S2. The number of halogens is 1. The first-order valence-electron chi connectivity index (χ1n) is 4.94. The maximum Gasteiger partial charge on any atom is 0.100 e. The Balaban J connectivity index is 0.00000106. The molecule has 16 heavy (non-hydrogen) atoms. The lowest BCUT2D eigenvalue weighted by atomic mass is 10.3. The number of nitrogens with two attached hydrogens (primary N) is 1. The van der Waals surface area contributed by atoms with Gasteiger partial charge in [0.05, 0.1) is 8.69 Å². The summed E-state index contributed by atoms with van der Waals surface area (Å²) in [6, 6.07) is 2.09. The molecule has 0 atom stereocenters. The summed E-state index contributed by atoms with van der Waals surface area (Å²) in [5, 5.41) is 2.09. The van der Waals surface area contributed by atoms with Gasteiger partial charge in [-0.3, -0.25) is 4.99 Å². The predicted molar refractivity (Wildman–Crippen MR) is 82.4 cm³/mol. The Kier molecular flexibility index (Phi) is 8.93. The van der Waals surface area contributed by atoms with E-state index in [4.69, 9.17) is 5.73 Å². The maximum atomic E-state index is 5.45. The molecule has 0 aliphatic rings. The number of hydrogen-bond donors (Lipinski definition) is 1. The number of aliphatic imine (C=N–C) groups is 1. The second-order valence-corrected chi connectivity index (χ2v) is 5.84. The number of rotatable bonds is 4. The van der Waals surface area contributed by atoms with E-state index in [1.54, 1.807) is 11.3 Å². The van der Waals surface area contributed by atoms with E-state index in [2.05, 4.69) is 46.0 Å². The van der Waals surface area contributed by atoms with Crippen molar-refractivity contribution >= 4 is 51.4 Å². The van der Waals surface area contributed by atoms with Crippen molar-refractivity contribution in [2.24, 2.45) is 10.7 Å². The Bertz CT molecular complexity index is 359. The lowest BCUT2D eigenvalue weighted by Gasteiger charge is -2.01. The average molecular weight is 321 g/mol. The Hall–Kier alpha value is -0.100. The molecule has 1 rings (SSSR count). The molecule has 0 unspecified atom stereocenters. The molecule has 0 aliphatic carbocycles. The zero-order valence-corrected chi connectivity index (χ0v) is 13.0. The van der Waals surface area contributed by atoms with Crippen molar-refractivity contribution < 1.29 is 0 Å². The Morgan fingerprint density at radius 3 is 2.62 bits per heavy atom. The molecule has 0 radical (unpaired) electrons. The van der Waals surface area contributed by atoms with Crippen molar-refractivity contribution in [1.82, 2.24) is 0 Å². The topological polar surface area (TPSA) is 38.4 Å². The van der Waals surface area contributed by atoms with E-state index in [9.17, 15) is 0 Å². The summed E-state index contributed by atoms with van der Waals surface area (Å²) in [4.78, 5) is 5.12. The SMILES string of the molecule is C=N/C(=C(/Br)SCN)c1cc(C)cs1.CC. The van der Waals surface area contributed by atoms with E-state index in [0.717, 1.165) is 14.4 Å². The minimum absolute atomic E-state index is 0.532. The molecule has 0 spiro atoms. The van der Waals surface area contributed by atoms with Crippen LogP contribution in [0.5, 0.6) is 0 Å². The van der Waals surface area contributed by atoms with Gasteiger partial charge in [-0.25, -0.2) is 0 Å². The maximum absolute atomic E-state index is 5.45. The molecule has 0 fully saturated rings. The Morgan fingerprint density at radius 2 is 2.25 bits per heavy atom. The molecule has 0 saturated carbocycles. The van der Waals surface area contributed by atoms with Gasteiger partial charge in [0.25, 0.3) is 0 Å². The van der Waals surface area contributed by atoms with Crippen LogP contribution in [0.15, 0.2) is 20.3 Å². The lowest BCUT2D eigenvalue weighted by Crippen LogP contribution is -1.91. The van der Waals surface area contributed by atoms with E-state index < -0.39 is 0 Å². The average Bonchev–Trinajstić information content (AvgIpc) is 2.69. The first-order chi connectivity index (χ1) is 7.69. The number of thioether (sulfide) groups is 1. The summed E-state index contributed by atoms with van der Waals surface area (Å²) in [6.45, 7) is 9.62. The first kappa shape index (κ1) is 15.9. The van der Waals surface area contributed by atoms with Crippen molar-refractivity contribution in [3.63, 3.8) is 0 Å². The Morgan fingerprint density at radius 1 is 1.62 bits per heavy atom. The fraction of sp³-hybridized carbons (Fsp3) is 0.364. The molecule has 0 saturated heterocycles. The van der Waals surface area contributed by atoms with Gasteiger partial charge in [-0.2, -0.15) is 0 Å². The standard InChI is InChI=1S/C9H11BrN2S2.C2H6/c1-6-3-7(13-4-6)8(12-2)9(10)14-5-11;1-2/h3-4H,2,5,11H2,1H3;1-2H3/b9-8-;. The van der Waals surface area contributed by atoms with Crippen molar-refractivity contribution in [2.45, 2.75) is 20.8 Å². The van der Waals surface area contributed by atoms with Crippen molar-refractivity contribution in [3.05, 3.63) is 25.7 Å². The molecule has 2 nitrogen and oxygen atoms in total. The highest BCUT2D eigenvalue weighted by atomic mass is 79.9. The first-order valence-corrected chi connectivity index (χ1v) is 7.59. The van der Waals surface area contributed by atoms with Gasteiger partial charge in [-0.1, -0.05) is 13.8 Å². The largest absolute Gasteiger partial charge is 0.322 e. The van der Waals surface area contributed by atoms with Crippen LogP contribution in [0, 0.1) is 6.92 Å². The van der Waals surface area contributed by atoms with E-state index in [1.165, 1.54) is 17.3 Å². The molecule has 0 aliphatic heterocycles. The van der Waals surface area contributed by atoms with E-state index in [1.807, 2.05) is 13.8 Å². The van der Waals surface area contributed by atoms with Crippen LogP contribution in [0.25, 0.3) is 5.70 Å². The van der Waals surface area contributed by atoms with Gasteiger partial charge in [0, 0.05) is 5.88 Å². The number of thiophene rings is 1. The summed E-state index contributed by atoms with van der Waals surface area (Å²) in [7, 11) is 0. The van der Waals surface area contributed by atoms with E-state index in [0.29, 0.717) is 5.88 Å². The number of hydrogen-bond acceptors (Lipinski definition) is 4. The highest BCUT2D eigenvalue weighted by Gasteiger charge is 2.07. The molecule has 5 heteroatoms. The van der Waals surface area contributed by atoms with E-state index in [-0.39, 0.29) is 0 Å². The van der Waals surface area contributed by atoms with Crippen LogP contribution in [0.3, 0.4) is 0 Å². The number of nitrogens with zero attached hydrogens (tertiary/aromatic N) is 1. The summed E-state index contributed by atoms with van der Waals surface area (Å²) in [6.07, 6.45) is 0. The molecule has 0 amide bonds. The van der Waals surface area contributed by atoms with Crippen LogP contribution < -0.4 is 5.73 Å². The normalized spacial score (nSPS) is 11.3. The third-order valence-corrected chi connectivity index (χ3v) is 4.25. The molecule has 0 bridgehead atoms. The minimum atomic E-state index is 0.532. The van der Waals surface area contributed by atoms with Crippen molar-refractivity contribution in [2.75, 3.05) is 5.88 Å². The number of aryl methyl sites for hydroxylation is 1. The van der Waals surface area contributed by atoms with Crippen molar-refractivity contribution in [3.8, 4) is 0 Å². The lowest BCUT2D eigenvalue weighted by molar-refractivity contribution is 1.41. The zero-order valence-electron chi connectivity index (χ0n) is 9.79. The monoisotopic (exact) mass is 320 g/mol. The molecular weight excluding hydrogens is 304 g/mol. The zero-order chi connectivity index (χ0) is 12.6. The van der Waals surface area contributed by atoms with Gasteiger partial charge in [0.1, 0.15) is 5.70 Å². The molecule has 1 heterocycles.